The van der Waals surface area contributed by atoms with Gasteiger partial charge in [-0.15, -0.1) is 0 Å². The maximum absolute atomic E-state index is 13.5. The first kappa shape index (κ1) is 27.7. The molecule has 0 spiro atoms. The molecule has 0 radical (unpaired) electrons. The second-order valence-electron chi connectivity index (χ2n) is 6.79. The van der Waals surface area contributed by atoms with Crippen LogP contribution in [0.2, 0.25) is 10.0 Å². The number of oxime groups is 1. The minimum Gasteiger partial charge on any atom is -0.443 e. The maximum atomic E-state index is 13.5. The number of ether oxygens (including phenoxy) is 1. The van der Waals surface area contributed by atoms with Gasteiger partial charge in [-0.05, 0) is 55.3 Å². The Hall–Kier alpha value is -2.50. The number of esters is 1. The van der Waals surface area contributed by atoms with E-state index in [2.05, 4.69) is 5.16 Å². The number of sulfonamides is 1. The van der Waals surface area contributed by atoms with Crippen molar-refractivity contribution in [3.05, 3.63) is 58.1 Å². The number of hydrogen-bond acceptors (Lipinski definition) is 6. The van der Waals surface area contributed by atoms with Gasteiger partial charge in [0.05, 0.1) is 11.4 Å². The molecule has 0 unspecified atom stereocenters. The van der Waals surface area contributed by atoms with E-state index in [1.54, 1.807) is 26.0 Å². The summed E-state index contributed by atoms with van der Waals surface area (Å²) in [4.78, 5) is 17.1. The van der Waals surface area contributed by atoms with Crippen LogP contribution in [-0.4, -0.2) is 32.3 Å². The fourth-order valence-electron chi connectivity index (χ4n) is 2.66. The van der Waals surface area contributed by atoms with Crippen molar-refractivity contribution in [2.45, 2.75) is 38.6 Å². The van der Waals surface area contributed by atoms with Crippen molar-refractivity contribution in [2.24, 2.45) is 5.16 Å². The number of carbonyl (C=O) groups is 1. The zero-order chi connectivity index (χ0) is 25.5. The predicted octanol–water partition coefficient (Wildman–Crippen LogP) is 6.14. The Balaban J connectivity index is 2.57. The van der Waals surface area contributed by atoms with Crippen molar-refractivity contribution in [1.29, 1.82) is 0 Å². The second-order valence-corrected chi connectivity index (χ2v) is 9.52. The summed E-state index contributed by atoms with van der Waals surface area (Å²) in [7, 11) is -5.95. The Kier molecular flexibility index (Phi) is 9.60. The first-order valence-electron chi connectivity index (χ1n) is 9.94. The monoisotopic (exact) mass is 540 g/mol. The highest BCUT2D eigenvalue weighted by atomic mass is 35.5. The highest BCUT2D eigenvalue weighted by molar-refractivity contribution is 7.93. The third kappa shape index (κ3) is 7.00. The molecule has 0 atom stereocenters. The lowest BCUT2D eigenvalue weighted by Gasteiger charge is -2.27. The van der Waals surface area contributed by atoms with Gasteiger partial charge in [-0.2, -0.15) is 21.6 Å². The van der Waals surface area contributed by atoms with Crippen LogP contribution in [0.1, 0.15) is 38.7 Å². The molecule has 0 saturated heterocycles. The van der Waals surface area contributed by atoms with Gasteiger partial charge in [-0.25, -0.2) is 4.31 Å². The maximum Gasteiger partial charge on any atom is 0.516 e. The SMILES string of the molecule is CCCC(=O)OCN(c1ccc(Cl)cc1/C(CC)=N/Oc1ccc(Cl)cc1)S(=O)(=O)C(F)(F)F. The van der Waals surface area contributed by atoms with Gasteiger partial charge in [0, 0.05) is 22.0 Å². The van der Waals surface area contributed by atoms with E-state index in [0.29, 0.717) is 11.4 Å². The summed E-state index contributed by atoms with van der Waals surface area (Å²) in [6, 6.07) is 9.66. The number of hydrogen-bond donors (Lipinski definition) is 0. The summed E-state index contributed by atoms with van der Waals surface area (Å²) in [5, 5.41) is 4.53. The number of benzene rings is 2. The van der Waals surface area contributed by atoms with Gasteiger partial charge < -0.3 is 9.57 Å². The molecule has 0 aliphatic carbocycles. The van der Waals surface area contributed by atoms with Crippen LogP contribution >= 0.6 is 23.2 Å². The lowest BCUT2D eigenvalue weighted by atomic mass is 10.1. The van der Waals surface area contributed by atoms with E-state index in [1.165, 1.54) is 24.3 Å². The molecule has 0 heterocycles. The summed E-state index contributed by atoms with van der Waals surface area (Å²) < 4.78 is 69.9. The smallest absolute Gasteiger partial charge is 0.443 e. The van der Waals surface area contributed by atoms with E-state index in [-0.39, 0.29) is 39.2 Å². The summed E-state index contributed by atoms with van der Waals surface area (Å²) in [6.07, 6.45) is 0.409. The molecule has 0 bridgehead atoms. The normalized spacial score (nSPS) is 12.4. The molecule has 0 N–H and O–H groups in total. The van der Waals surface area contributed by atoms with Crippen LogP contribution in [-0.2, 0) is 19.6 Å². The lowest BCUT2D eigenvalue weighted by molar-refractivity contribution is -0.143. The highest BCUT2D eigenvalue weighted by Gasteiger charge is 2.51. The Labute approximate surface area is 205 Å². The van der Waals surface area contributed by atoms with Crippen molar-refractivity contribution < 1.29 is 36.0 Å². The molecule has 0 aliphatic rings. The van der Waals surface area contributed by atoms with Gasteiger partial charge >= 0.3 is 21.5 Å². The molecular formula is C21H21Cl2F3N2O5S. The zero-order valence-electron chi connectivity index (χ0n) is 18.1. The molecule has 2 aromatic rings. The minimum absolute atomic E-state index is 0.0420. The van der Waals surface area contributed by atoms with Gasteiger partial charge in [0.25, 0.3) is 0 Å². The number of carbonyl (C=O) groups excluding carboxylic acids is 1. The summed E-state index contributed by atoms with van der Waals surface area (Å²) in [5.74, 6) is -0.567. The van der Waals surface area contributed by atoms with E-state index in [9.17, 15) is 26.4 Å². The number of halogens is 5. The first-order valence-corrected chi connectivity index (χ1v) is 12.1. The Bertz CT molecular complexity index is 1140. The zero-order valence-corrected chi connectivity index (χ0v) is 20.4. The van der Waals surface area contributed by atoms with Gasteiger partial charge in [0.1, 0.15) is 0 Å². The van der Waals surface area contributed by atoms with Gasteiger partial charge in [-0.1, -0.05) is 42.2 Å². The van der Waals surface area contributed by atoms with Crippen LogP contribution in [0.25, 0.3) is 0 Å². The average Bonchev–Trinajstić information content (AvgIpc) is 2.76. The van der Waals surface area contributed by atoms with Crippen LogP contribution in [0.3, 0.4) is 0 Å². The van der Waals surface area contributed by atoms with Gasteiger partial charge in [0.15, 0.2) is 12.5 Å². The number of nitrogens with zero attached hydrogens (tertiary/aromatic N) is 2. The quantitative estimate of drug-likeness (QED) is 0.156. The molecular weight excluding hydrogens is 520 g/mol. The second kappa shape index (κ2) is 11.8. The lowest BCUT2D eigenvalue weighted by Crippen LogP contribution is -2.43. The molecule has 0 aliphatic heterocycles. The van der Waals surface area contributed by atoms with Crippen molar-refractivity contribution in [3.8, 4) is 5.75 Å². The van der Waals surface area contributed by atoms with E-state index < -0.39 is 33.9 Å². The Morgan fingerprint density at radius 3 is 2.24 bits per heavy atom. The standard InChI is InChI=1S/C21H21Cl2F3N2O5S/c1-3-5-20(29)32-13-28(34(30,31)21(24,25)26)19-11-8-15(23)12-17(19)18(4-2)27-33-16-9-6-14(22)7-10-16/h6-12H,3-5,13H2,1-2H3/b27-18+. The molecule has 34 heavy (non-hydrogen) atoms. The van der Waals surface area contributed by atoms with Crippen LogP contribution in [0.4, 0.5) is 18.9 Å². The van der Waals surface area contributed by atoms with Crippen LogP contribution in [0.15, 0.2) is 47.6 Å². The predicted molar refractivity (Wildman–Crippen MR) is 124 cm³/mol. The van der Waals surface area contributed by atoms with Gasteiger partial charge in [-0.3, -0.25) is 4.79 Å². The van der Waals surface area contributed by atoms with E-state index in [4.69, 9.17) is 32.8 Å². The van der Waals surface area contributed by atoms with Gasteiger partial charge in [0.2, 0.25) is 0 Å². The molecule has 13 heteroatoms. The highest BCUT2D eigenvalue weighted by Crippen LogP contribution is 2.34. The fourth-order valence-corrected chi connectivity index (χ4v) is 3.82. The molecule has 7 nitrogen and oxygen atoms in total. The Morgan fingerprint density at radius 1 is 1.06 bits per heavy atom. The van der Waals surface area contributed by atoms with E-state index in [1.807, 2.05) is 0 Å². The first-order chi connectivity index (χ1) is 15.9. The van der Waals surface area contributed by atoms with Crippen LogP contribution in [0.5, 0.6) is 5.75 Å². The molecule has 0 fully saturated rings. The molecule has 186 valence electrons. The summed E-state index contributed by atoms with van der Waals surface area (Å²) in [5.41, 5.74) is -6.06. The van der Waals surface area contributed by atoms with Crippen LogP contribution < -0.4 is 9.14 Å². The van der Waals surface area contributed by atoms with Crippen molar-refractivity contribution in [1.82, 2.24) is 0 Å². The molecule has 0 saturated carbocycles. The van der Waals surface area contributed by atoms with Crippen molar-refractivity contribution >= 4 is 50.6 Å². The summed E-state index contributed by atoms with van der Waals surface area (Å²) in [6.45, 7) is 2.11. The molecule has 0 aromatic heterocycles. The third-order valence-corrected chi connectivity index (χ3v) is 6.28. The fraction of sp³-hybridized carbons (Fsp3) is 0.333. The van der Waals surface area contributed by atoms with Crippen LogP contribution in [0, 0.1) is 0 Å². The van der Waals surface area contributed by atoms with E-state index in [0.717, 1.165) is 6.07 Å². The third-order valence-electron chi connectivity index (χ3n) is 4.33. The number of alkyl halides is 3. The Morgan fingerprint density at radius 2 is 1.68 bits per heavy atom. The summed E-state index contributed by atoms with van der Waals surface area (Å²) >= 11 is 11.9. The number of anilines is 1. The molecule has 0 amide bonds. The van der Waals surface area contributed by atoms with Crippen molar-refractivity contribution in [2.75, 3.05) is 11.0 Å². The van der Waals surface area contributed by atoms with Crippen molar-refractivity contribution in [3.63, 3.8) is 0 Å². The molecule has 2 aromatic carbocycles. The average molecular weight is 541 g/mol. The largest absolute Gasteiger partial charge is 0.516 e. The number of rotatable bonds is 10. The minimum atomic E-state index is -5.95. The topological polar surface area (TPSA) is 85.3 Å². The van der Waals surface area contributed by atoms with E-state index >= 15 is 0 Å². The molecule has 2 rings (SSSR count).